The normalized spacial score (nSPS) is 17.5. The van der Waals surface area contributed by atoms with E-state index in [9.17, 15) is 9.59 Å². The lowest BCUT2D eigenvalue weighted by Gasteiger charge is -2.36. The van der Waals surface area contributed by atoms with Gasteiger partial charge in [0.05, 0.1) is 27.8 Å². The first-order valence-corrected chi connectivity index (χ1v) is 12.2. The monoisotopic (exact) mass is 496 g/mol. The second-order valence-electron chi connectivity index (χ2n) is 7.98. The highest BCUT2D eigenvalue weighted by molar-refractivity contribution is 7.13. The molecule has 0 aliphatic carbocycles. The highest BCUT2D eigenvalue weighted by atomic mass is 35.5. The Labute approximate surface area is 201 Å². The Kier molecular flexibility index (Phi) is 7.40. The van der Waals surface area contributed by atoms with Gasteiger partial charge in [0.2, 0.25) is 5.91 Å². The third-order valence-electron chi connectivity index (χ3n) is 5.79. The fourth-order valence-corrected chi connectivity index (χ4v) is 4.94. The van der Waals surface area contributed by atoms with E-state index in [2.05, 4.69) is 20.1 Å². The average Bonchev–Trinajstić information content (AvgIpc) is 3.22. The van der Waals surface area contributed by atoms with Crippen LogP contribution in [0.2, 0.25) is 10.0 Å². The number of benzene rings is 1. The molecule has 1 aromatic heterocycles. The molecule has 2 saturated heterocycles. The molecule has 1 aromatic carbocycles. The molecule has 3 heterocycles. The number of anilines is 2. The van der Waals surface area contributed by atoms with Crippen molar-refractivity contribution < 1.29 is 9.59 Å². The van der Waals surface area contributed by atoms with Crippen LogP contribution in [0.5, 0.6) is 0 Å². The standard InChI is InChI=1S/C21H26Cl2N6O2S/c1-26-5-7-29(8-6-26)21(31)25-20-24-15(14-32-20)13-18(30)28-11-9-27(10-12-28)17-4-2-3-16(22)19(17)23/h2-4,14H,5-13H2,1H3,(H,24,25,31). The summed E-state index contributed by atoms with van der Waals surface area (Å²) in [5.74, 6) is 0.0316. The number of halogens is 2. The molecule has 11 heteroatoms. The zero-order valence-electron chi connectivity index (χ0n) is 17.9. The van der Waals surface area contributed by atoms with Gasteiger partial charge in [-0.2, -0.15) is 0 Å². The number of thiazole rings is 1. The topological polar surface area (TPSA) is 72.0 Å². The largest absolute Gasteiger partial charge is 0.367 e. The van der Waals surface area contributed by atoms with Gasteiger partial charge in [0.1, 0.15) is 0 Å². The molecule has 32 heavy (non-hydrogen) atoms. The average molecular weight is 497 g/mol. The van der Waals surface area contributed by atoms with Gasteiger partial charge < -0.3 is 19.6 Å². The van der Waals surface area contributed by atoms with E-state index in [-0.39, 0.29) is 18.4 Å². The van der Waals surface area contributed by atoms with Crippen LogP contribution in [0.15, 0.2) is 23.6 Å². The van der Waals surface area contributed by atoms with Crippen LogP contribution >= 0.6 is 34.5 Å². The van der Waals surface area contributed by atoms with E-state index < -0.39 is 0 Å². The second-order valence-corrected chi connectivity index (χ2v) is 9.63. The van der Waals surface area contributed by atoms with Crippen molar-refractivity contribution in [1.82, 2.24) is 19.7 Å². The molecule has 0 atom stereocenters. The molecule has 8 nitrogen and oxygen atoms in total. The van der Waals surface area contributed by atoms with Crippen LogP contribution < -0.4 is 10.2 Å². The quantitative estimate of drug-likeness (QED) is 0.703. The van der Waals surface area contributed by atoms with E-state index in [0.29, 0.717) is 60.1 Å². The number of nitrogens with one attached hydrogen (secondary N) is 1. The summed E-state index contributed by atoms with van der Waals surface area (Å²) in [6.45, 7) is 5.72. The molecule has 0 unspecified atom stereocenters. The maximum atomic E-state index is 12.8. The Morgan fingerprint density at radius 2 is 1.72 bits per heavy atom. The van der Waals surface area contributed by atoms with Crippen LogP contribution in [0.4, 0.5) is 15.6 Å². The lowest BCUT2D eigenvalue weighted by atomic mass is 10.2. The molecule has 0 radical (unpaired) electrons. The van der Waals surface area contributed by atoms with Gasteiger partial charge in [-0.15, -0.1) is 11.3 Å². The molecule has 0 bridgehead atoms. The van der Waals surface area contributed by atoms with E-state index in [0.717, 1.165) is 18.8 Å². The zero-order valence-corrected chi connectivity index (χ0v) is 20.2. The number of likely N-dealkylation sites (N-methyl/N-ethyl adjacent to an activating group) is 1. The summed E-state index contributed by atoms with van der Waals surface area (Å²) in [6, 6.07) is 5.45. The van der Waals surface area contributed by atoms with Gasteiger partial charge in [-0.1, -0.05) is 29.3 Å². The van der Waals surface area contributed by atoms with Gasteiger partial charge in [-0.3, -0.25) is 10.1 Å². The SMILES string of the molecule is CN1CCN(C(=O)Nc2nc(CC(=O)N3CCN(c4cccc(Cl)c4Cl)CC3)cs2)CC1. The number of piperazine rings is 2. The number of carbonyl (C=O) groups is 2. The molecule has 2 aliphatic heterocycles. The van der Waals surface area contributed by atoms with Crippen molar-refractivity contribution in [2.24, 2.45) is 0 Å². The van der Waals surface area contributed by atoms with Crippen molar-refractivity contribution in [3.8, 4) is 0 Å². The van der Waals surface area contributed by atoms with Crippen molar-refractivity contribution in [3.63, 3.8) is 0 Å². The van der Waals surface area contributed by atoms with Gasteiger partial charge in [0, 0.05) is 57.7 Å². The molecule has 4 rings (SSSR count). The molecule has 3 amide bonds. The molecule has 2 fully saturated rings. The molecule has 172 valence electrons. The van der Waals surface area contributed by atoms with Crippen molar-refractivity contribution >= 4 is 57.3 Å². The summed E-state index contributed by atoms with van der Waals surface area (Å²) >= 11 is 13.8. The van der Waals surface area contributed by atoms with Crippen molar-refractivity contribution in [2.45, 2.75) is 6.42 Å². The number of rotatable bonds is 4. The van der Waals surface area contributed by atoms with Crippen LogP contribution in [-0.2, 0) is 11.2 Å². The first-order chi connectivity index (χ1) is 15.4. The minimum atomic E-state index is -0.138. The molecule has 1 N–H and O–H groups in total. The summed E-state index contributed by atoms with van der Waals surface area (Å²) in [5.41, 5.74) is 1.57. The van der Waals surface area contributed by atoms with E-state index in [1.54, 1.807) is 11.0 Å². The van der Waals surface area contributed by atoms with Crippen molar-refractivity contribution in [3.05, 3.63) is 39.3 Å². The van der Waals surface area contributed by atoms with Crippen LogP contribution in [0.3, 0.4) is 0 Å². The Morgan fingerprint density at radius 3 is 2.44 bits per heavy atom. The minimum absolute atomic E-state index is 0.0316. The van der Waals surface area contributed by atoms with Gasteiger partial charge in [0.25, 0.3) is 0 Å². The van der Waals surface area contributed by atoms with Crippen LogP contribution in [0.1, 0.15) is 5.69 Å². The maximum absolute atomic E-state index is 12.8. The van der Waals surface area contributed by atoms with Crippen molar-refractivity contribution in [1.29, 1.82) is 0 Å². The Morgan fingerprint density at radius 1 is 1.03 bits per heavy atom. The highest BCUT2D eigenvalue weighted by Gasteiger charge is 2.24. The predicted molar refractivity (Wildman–Crippen MR) is 129 cm³/mol. The fourth-order valence-electron chi connectivity index (χ4n) is 3.83. The van der Waals surface area contributed by atoms with E-state index in [1.807, 2.05) is 29.5 Å². The minimum Gasteiger partial charge on any atom is -0.367 e. The van der Waals surface area contributed by atoms with Gasteiger partial charge >= 0.3 is 6.03 Å². The van der Waals surface area contributed by atoms with Crippen LogP contribution in [0.25, 0.3) is 0 Å². The summed E-state index contributed by atoms with van der Waals surface area (Å²) in [4.78, 5) is 37.6. The van der Waals surface area contributed by atoms with Crippen LogP contribution in [0, 0.1) is 0 Å². The number of amides is 3. The van der Waals surface area contributed by atoms with Gasteiger partial charge in [0.15, 0.2) is 5.13 Å². The van der Waals surface area contributed by atoms with Gasteiger partial charge in [-0.25, -0.2) is 9.78 Å². The number of carbonyl (C=O) groups excluding carboxylic acids is 2. The number of aromatic nitrogens is 1. The molecular weight excluding hydrogens is 471 g/mol. The lowest BCUT2D eigenvalue weighted by molar-refractivity contribution is -0.130. The van der Waals surface area contributed by atoms with E-state index >= 15 is 0 Å². The molecule has 2 aromatic rings. The number of nitrogens with zero attached hydrogens (tertiary/aromatic N) is 5. The summed E-state index contributed by atoms with van der Waals surface area (Å²) in [7, 11) is 2.05. The molecule has 0 spiro atoms. The smallest absolute Gasteiger partial charge is 0.323 e. The van der Waals surface area contributed by atoms with Crippen molar-refractivity contribution in [2.75, 3.05) is 69.6 Å². The van der Waals surface area contributed by atoms with E-state index in [1.165, 1.54) is 11.3 Å². The molecule has 2 aliphatic rings. The molecular formula is C21H26Cl2N6O2S. The number of urea groups is 1. The third-order valence-corrected chi connectivity index (χ3v) is 7.41. The predicted octanol–water partition coefficient (Wildman–Crippen LogP) is 3.12. The summed E-state index contributed by atoms with van der Waals surface area (Å²) < 4.78 is 0. The Balaban J connectivity index is 1.26. The van der Waals surface area contributed by atoms with Crippen LogP contribution in [-0.4, -0.2) is 91.0 Å². The Bertz CT molecular complexity index is 971. The maximum Gasteiger partial charge on any atom is 0.323 e. The van der Waals surface area contributed by atoms with Gasteiger partial charge in [-0.05, 0) is 19.2 Å². The summed E-state index contributed by atoms with van der Waals surface area (Å²) in [6.07, 6.45) is 0.221. The second kappa shape index (κ2) is 10.2. The summed E-state index contributed by atoms with van der Waals surface area (Å²) in [5, 5.41) is 6.29. The zero-order chi connectivity index (χ0) is 22.7. The lowest BCUT2D eigenvalue weighted by Crippen LogP contribution is -2.49. The van der Waals surface area contributed by atoms with E-state index in [4.69, 9.17) is 23.2 Å². The highest BCUT2D eigenvalue weighted by Crippen LogP contribution is 2.33. The first kappa shape index (κ1) is 23.1. The first-order valence-electron chi connectivity index (χ1n) is 10.6. The number of hydrogen-bond acceptors (Lipinski definition) is 6. The Hall–Kier alpha value is -2.07. The third kappa shape index (κ3) is 5.46. The molecule has 0 saturated carbocycles. The fraction of sp³-hybridized carbons (Fsp3) is 0.476. The number of hydrogen-bond donors (Lipinski definition) is 1.